The van der Waals surface area contributed by atoms with Gasteiger partial charge in [-0.05, 0) is 173 Å². The van der Waals surface area contributed by atoms with E-state index in [2.05, 4.69) is 240 Å². The van der Waals surface area contributed by atoms with E-state index in [-0.39, 0.29) is 19.3 Å². The summed E-state index contributed by atoms with van der Waals surface area (Å²) < 4.78 is 61.3. The molecule has 0 aliphatic rings. The van der Waals surface area contributed by atoms with Crippen LogP contribution in [0, 0.1) is 0 Å². The van der Waals surface area contributed by atoms with Crippen molar-refractivity contribution in [2.75, 3.05) is 39.6 Å². The zero-order chi connectivity index (χ0) is 82.2. The van der Waals surface area contributed by atoms with Crippen molar-refractivity contribution in [3.8, 4) is 0 Å². The molecule has 0 spiro atoms. The fourth-order valence-electron chi connectivity index (χ4n) is 10.8. The van der Waals surface area contributed by atoms with Gasteiger partial charge in [0.1, 0.15) is 25.4 Å². The SMILES string of the molecule is CC/C=C\C/C=C\C/C=C\C/C=C\C/C=C\C/C=C\CCCCCCCCCCCCCCCCC(=O)OCC(O)COP(=O)(O)OCC(O)COP(=O)(O)OCC(COC(=O)CCCCCC/C=C\C/C=C\C/C=C\C/C=C\C/C=C\C/C=C\CC)OC(=O)CCCC/C=C\C/C=C\C/C=C\C/C=C\C/C=C\C/C=C\CC. The maximum atomic E-state index is 13.0. The topological polar surface area (TPSA) is 231 Å². The van der Waals surface area contributed by atoms with Crippen molar-refractivity contribution in [1.82, 2.24) is 0 Å². The summed E-state index contributed by atoms with van der Waals surface area (Å²) in [4.78, 5) is 58.8. The number of phosphoric acid groups is 2. The molecule has 0 amide bonds. The number of unbranched alkanes of at least 4 members (excludes halogenated alkanes) is 20. The lowest BCUT2D eigenvalue weighted by molar-refractivity contribution is -0.161. The highest BCUT2D eigenvalue weighted by Crippen LogP contribution is 2.45. The monoisotopic (exact) mass is 1610 g/mol. The molecule has 0 radical (unpaired) electrons. The lowest BCUT2D eigenvalue weighted by Gasteiger charge is -2.21. The molecule has 0 aliphatic carbocycles. The van der Waals surface area contributed by atoms with E-state index in [0.29, 0.717) is 25.7 Å². The van der Waals surface area contributed by atoms with Crippen LogP contribution in [0.4, 0.5) is 0 Å². The van der Waals surface area contributed by atoms with Crippen molar-refractivity contribution < 1.29 is 75.8 Å². The van der Waals surface area contributed by atoms with Gasteiger partial charge in [0.25, 0.3) is 0 Å². The molecule has 5 atom stereocenters. The van der Waals surface area contributed by atoms with E-state index in [1.807, 2.05) is 0 Å². The van der Waals surface area contributed by atoms with Crippen LogP contribution in [0.25, 0.3) is 0 Å². The van der Waals surface area contributed by atoms with Gasteiger partial charge in [0.2, 0.25) is 0 Å². The van der Waals surface area contributed by atoms with Crippen LogP contribution in [-0.4, -0.2) is 95.9 Å². The predicted octanol–water partition coefficient (Wildman–Crippen LogP) is 26.2. The first-order chi connectivity index (χ1) is 55.2. The van der Waals surface area contributed by atoms with Crippen LogP contribution in [0.1, 0.15) is 303 Å². The van der Waals surface area contributed by atoms with Crippen LogP contribution >= 0.6 is 15.6 Å². The zero-order valence-electron chi connectivity index (χ0n) is 70.0. The predicted molar refractivity (Wildman–Crippen MR) is 472 cm³/mol. The quantitative estimate of drug-likeness (QED) is 0.0146. The van der Waals surface area contributed by atoms with Crippen LogP contribution in [0.5, 0.6) is 0 Å². The minimum atomic E-state index is -4.97. The van der Waals surface area contributed by atoms with E-state index in [9.17, 15) is 43.5 Å². The van der Waals surface area contributed by atoms with Crippen LogP contribution < -0.4 is 0 Å². The molecule has 5 unspecified atom stereocenters. The highest BCUT2D eigenvalue weighted by molar-refractivity contribution is 7.47. The average molecular weight is 1610 g/mol. The summed E-state index contributed by atoms with van der Waals surface area (Å²) in [6.07, 6.45) is 116. The van der Waals surface area contributed by atoms with Gasteiger partial charge in [0.05, 0.1) is 26.4 Å². The summed E-state index contributed by atoms with van der Waals surface area (Å²) in [7, 11) is -9.84. The van der Waals surface area contributed by atoms with E-state index in [1.54, 1.807) is 0 Å². The molecule has 0 rings (SSSR count). The summed E-state index contributed by atoms with van der Waals surface area (Å²) in [5.74, 6) is -1.67. The van der Waals surface area contributed by atoms with E-state index in [4.69, 9.17) is 32.3 Å². The second-order valence-corrected chi connectivity index (χ2v) is 30.7. The number of hydrogen-bond donors (Lipinski definition) is 4. The number of carbonyl (C=O) groups excluding carboxylic acids is 3. The number of hydrogen-bond acceptors (Lipinski definition) is 14. The molecule has 0 fully saturated rings. The second-order valence-electron chi connectivity index (χ2n) is 27.8. The van der Waals surface area contributed by atoms with Gasteiger partial charge in [-0.25, -0.2) is 9.13 Å². The van der Waals surface area contributed by atoms with Crippen molar-refractivity contribution in [3.05, 3.63) is 219 Å². The molecule has 0 aromatic carbocycles. The number of aliphatic hydroxyl groups excluding tert-OH is 2. The molecule has 638 valence electrons. The minimum absolute atomic E-state index is 0.0342. The minimum Gasteiger partial charge on any atom is -0.463 e. The van der Waals surface area contributed by atoms with Gasteiger partial charge >= 0.3 is 33.6 Å². The number of carbonyl (C=O) groups is 3. The maximum absolute atomic E-state index is 13.0. The Morgan fingerprint density at radius 2 is 0.442 bits per heavy atom. The lowest BCUT2D eigenvalue weighted by Crippen LogP contribution is -2.30. The Balaban J connectivity index is 4.65. The summed E-state index contributed by atoms with van der Waals surface area (Å²) in [5.41, 5.74) is 0. The Hall–Kier alpha value is -6.13. The fraction of sp³-hybridized carbons (Fsp3) is 0.589. The average Bonchev–Trinajstić information content (AvgIpc) is 0.900. The first kappa shape index (κ1) is 107. The Bertz CT molecular complexity index is 2930. The summed E-state index contributed by atoms with van der Waals surface area (Å²) >= 11 is 0. The number of allylic oxidation sites excluding steroid dienone is 36. The van der Waals surface area contributed by atoms with Crippen LogP contribution in [0.15, 0.2) is 219 Å². The lowest BCUT2D eigenvalue weighted by atomic mass is 10.0. The molecular formula is C95H152O16P2. The van der Waals surface area contributed by atoms with Crippen LogP contribution in [0.3, 0.4) is 0 Å². The van der Waals surface area contributed by atoms with E-state index in [0.717, 1.165) is 173 Å². The highest BCUT2D eigenvalue weighted by atomic mass is 31.2. The van der Waals surface area contributed by atoms with Gasteiger partial charge in [-0.3, -0.25) is 32.5 Å². The smallest absolute Gasteiger partial charge is 0.463 e. The number of ether oxygens (including phenoxy) is 3. The number of rotatable bonds is 79. The number of aliphatic hydroxyl groups is 2. The Kier molecular flexibility index (Phi) is 80.6. The normalized spacial score (nSPS) is 14.9. The Morgan fingerprint density at radius 1 is 0.248 bits per heavy atom. The Morgan fingerprint density at radius 3 is 0.717 bits per heavy atom. The molecule has 0 heterocycles. The third-order valence-electron chi connectivity index (χ3n) is 17.2. The molecule has 0 bridgehead atoms. The largest absolute Gasteiger partial charge is 0.472 e. The van der Waals surface area contributed by atoms with Crippen LogP contribution in [-0.2, 0) is 55.8 Å². The van der Waals surface area contributed by atoms with Crippen molar-refractivity contribution in [3.63, 3.8) is 0 Å². The molecule has 113 heavy (non-hydrogen) atoms. The first-order valence-electron chi connectivity index (χ1n) is 43.0. The van der Waals surface area contributed by atoms with Gasteiger partial charge in [-0.1, -0.05) is 329 Å². The molecule has 0 saturated carbocycles. The summed E-state index contributed by atoms with van der Waals surface area (Å²) in [6.45, 7) is 2.24. The van der Waals surface area contributed by atoms with Gasteiger partial charge < -0.3 is 34.2 Å². The van der Waals surface area contributed by atoms with Crippen molar-refractivity contribution in [1.29, 1.82) is 0 Å². The third-order valence-corrected chi connectivity index (χ3v) is 19.1. The second kappa shape index (κ2) is 85.2. The standard InChI is InChI=1S/C95H152O16P2/c1-4-7-10-13-16-19-22-25-28-31-34-37-39-40-41-42-43-44-45-46-47-48-50-53-54-57-60-63-66-69-72-75-78-81-93(98)105-84-90(96)85-107-112(101,102)108-86-91(97)87-109-113(103,104)110-89-92(111-95(100)83-80-77-74-71-68-65-62-59-56-51-36-33-30-27-24-21-18-15-12-9-6-3)88-106-94(99)82-79-76-73-70-67-64-61-58-55-52-49-38-35-32-29-26-23-20-17-14-11-8-5-2/h7-12,16-21,25-30,34-38,40-41,43-44,51-52,55,59,61-62,64,68,71,90-92,96-97H,4-6,13-15,22-24,31-33,39,42,45-50,53-54,56-58,60,63,65-67,69-70,72-89H2,1-3H3,(H,101,102)(H,103,104)/b10-7-,11-8-,12-9-,19-16-,20-17-,21-18-,28-25-,29-26-,30-27-,37-34-,38-35-,41-40-,44-43-,51-36-,55-52-,62-59-,64-61-,71-68-. The van der Waals surface area contributed by atoms with Gasteiger partial charge in [0, 0.05) is 19.3 Å². The van der Waals surface area contributed by atoms with E-state index in [1.165, 1.54) is 64.2 Å². The van der Waals surface area contributed by atoms with E-state index >= 15 is 0 Å². The van der Waals surface area contributed by atoms with Crippen molar-refractivity contribution in [2.45, 2.75) is 322 Å². The van der Waals surface area contributed by atoms with E-state index < -0.39 is 91.5 Å². The zero-order valence-corrected chi connectivity index (χ0v) is 71.7. The molecule has 18 heteroatoms. The summed E-state index contributed by atoms with van der Waals surface area (Å²) in [6, 6.07) is 0. The van der Waals surface area contributed by atoms with Crippen LogP contribution in [0.2, 0.25) is 0 Å². The molecule has 0 saturated heterocycles. The fourth-order valence-corrected chi connectivity index (χ4v) is 12.3. The first-order valence-corrected chi connectivity index (χ1v) is 46.0. The summed E-state index contributed by atoms with van der Waals surface area (Å²) in [5, 5.41) is 20.7. The van der Waals surface area contributed by atoms with Gasteiger partial charge in [-0.15, -0.1) is 0 Å². The Labute approximate surface area is 685 Å². The molecule has 0 aromatic rings. The highest BCUT2D eigenvalue weighted by Gasteiger charge is 2.29. The molecule has 4 N–H and O–H groups in total. The maximum Gasteiger partial charge on any atom is 0.472 e. The molecule has 16 nitrogen and oxygen atoms in total. The van der Waals surface area contributed by atoms with Crippen molar-refractivity contribution in [2.24, 2.45) is 0 Å². The van der Waals surface area contributed by atoms with Crippen molar-refractivity contribution >= 4 is 33.6 Å². The molecule has 0 aromatic heterocycles. The molecule has 0 aliphatic heterocycles. The number of esters is 3. The van der Waals surface area contributed by atoms with Gasteiger partial charge in [0.15, 0.2) is 6.10 Å². The third kappa shape index (κ3) is 86.6. The number of phosphoric ester groups is 2. The molecular weight excluding hydrogens is 1460 g/mol. The van der Waals surface area contributed by atoms with Gasteiger partial charge in [-0.2, -0.15) is 0 Å².